The fraction of sp³-hybridized carbons (Fsp3) is 0.464. The molecule has 4 amide bonds. The largest absolute Gasteiger partial charge is 0.497 e. The van der Waals surface area contributed by atoms with Crippen molar-refractivity contribution in [3.8, 4) is 23.0 Å². The number of benzene rings is 4. The fourth-order valence-corrected chi connectivity index (χ4v) is 11.8. The SMILES string of the molecule is C=CCC1(O)N(Cc2cc(OC)cc(OC)c2)C(=O)NC12CCN(Cc1cc(C)cc(C)c1)CC2.COc1cc2c(c(OC)c1)C(C)C=C1N(C2)C(=O)NC12CCN(Cc1cc(C)cc(C)c1)CC2. The van der Waals surface area contributed by atoms with Gasteiger partial charge in [0.15, 0.2) is 5.72 Å². The lowest BCUT2D eigenvalue weighted by atomic mass is 9.76. The van der Waals surface area contributed by atoms with E-state index in [9.17, 15) is 14.7 Å². The number of methoxy groups -OCH3 is 4. The van der Waals surface area contributed by atoms with Crippen molar-refractivity contribution in [3.05, 3.63) is 141 Å². The minimum atomic E-state index is -1.38. The van der Waals surface area contributed by atoms with E-state index < -0.39 is 11.3 Å². The summed E-state index contributed by atoms with van der Waals surface area (Å²) < 4.78 is 22.0. The van der Waals surface area contributed by atoms with E-state index in [0.717, 1.165) is 86.0 Å². The standard InChI is InChI=1S/C28H37N3O4.C28H35N3O3/c1-6-7-28(33)27(8-10-30(11-9-27)18-22-13-20(2)12-21(3)14-22)29-26(32)31(28)19-23-15-24(34-4)17-25(16-23)35-5;1-18-10-19(2)12-21(11-18)16-30-8-6-28(7-9-30)25-13-20(3)26-22(17-31(25)27(32)29-28)14-23(33-4)15-24(26)34-5/h6,12-17,33H,1,7-11,18-19H2,2-5H3,(H,29,32);10-15,20H,6-9,16-17H2,1-5H3,(H,29,32). The highest BCUT2D eigenvalue weighted by molar-refractivity contribution is 5.83. The molecule has 2 unspecified atom stereocenters. The molecule has 4 aromatic rings. The van der Waals surface area contributed by atoms with Crippen molar-refractivity contribution in [1.82, 2.24) is 30.2 Å². The topological polar surface area (TPSA) is 128 Å². The Kier molecular flexibility index (Phi) is 14.4. The first-order valence-corrected chi connectivity index (χ1v) is 24.3. The van der Waals surface area contributed by atoms with Crippen LogP contribution in [0.1, 0.15) is 95.0 Å². The summed E-state index contributed by atoms with van der Waals surface area (Å²) >= 11 is 0. The first-order valence-electron chi connectivity index (χ1n) is 24.3. The van der Waals surface area contributed by atoms with Gasteiger partial charge in [-0.3, -0.25) is 19.6 Å². The Morgan fingerprint density at radius 3 is 1.67 bits per heavy atom. The van der Waals surface area contributed by atoms with Gasteiger partial charge < -0.3 is 34.7 Å². The number of rotatable bonds is 12. The molecule has 4 saturated heterocycles. The van der Waals surface area contributed by atoms with Crippen molar-refractivity contribution >= 4 is 12.1 Å². The summed E-state index contributed by atoms with van der Waals surface area (Å²) in [6.45, 7) is 20.7. The van der Waals surface area contributed by atoms with Crippen LogP contribution in [-0.4, -0.2) is 108 Å². The molecule has 5 aliphatic rings. The highest BCUT2D eigenvalue weighted by atomic mass is 16.5. The second kappa shape index (κ2) is 20.1. The number of nitrogens with one attached hydrogen (secondary N) is 2. The van der Waals surface area contributed by atoms with Gasteiger partial charge in [0.2, 0.25) is 0 Å². The molecule has 13 heteroatoms. The first-order chi connectivity index (χ1) is 33.0. The Morgan fingerprint density at radius 2 is 1.16 bits per heavy atom. The van der Waals surface area contributed by atoms with Crippen molar-refractivity contribution < 1.29 is 33.6 Å². The maximum Gasteiger partial charge on any atom is 0.322 e. The Hall–Kier alpha value is -6.02. The molecule has 0 aliphatic carbocycles. The second-order valence-corrected chi connectivity index (χ2v) is 20.0. The molecule has 0 radical (unpaired) electrons. The van der Waals surface area contributed by atoms with Gasteiger partial charge in [0.25, 0.3) is 0 Å². The number of nitrogens with zero attached hydrogens (tertiary/aromatic N) is 4. The summed E-state index contributed by atoms with van der Waals surface area (Å²) in [5.41, 5.74) is 9.55. The van der Waals surface area contributed by atoms with Crippen LogP contribution in [-0.2, 0) is 26.2 Å². The van der Waals surface area contributed by atoms with Crippen LogP contribution in [0.2, 0.25) is 0 Å². The molecule has 0 aromatic heterocycles. The van der Waals surface area contributed by atoms with Gasteiger partial charge in [-0.05, 0) is 93.8 Å². The predicted octanol–water partition coefficient (Wildman–Crippen LogP) is 9.03. The van der Waals surface area contributed by atoms with E-state index >= 15 is 0 Å². The monoisotopic (exact) mass is 941 g/mol. The molecule has 0 bridgehead atoms. The zero-order valence-electron chi connectivity index (χ0n) is 42.2. The average molecular weight is 941 g/mol. The third-order valence-electron chi connectivity index (χ3n) is 15.0. The third kappa shape index (κ3) is 10.0. The Morgan fingerprint density at radius 1 is 0.652 bits per heavy atom. The van der Waals surface area contributed by atoms with Gasteiger partial charge in [-0.1, -0.05) is 77.7 Å². The van der Waals surface area contributed by atoms with E-state index in [2.05, 4.69) is 104 Å². The van der Waals surface area contributed by atoms with E-state index in [1.165, 1.54) is 33.4 Å². The normalized spacial score (nSPS) is 21.6. The maximum absolute atomic E-state index is 13.2. The van der Waals surface area contributed by atoms with Crippen LogP contribution in [0, 0.1) is 27.7 Å². The van der Waals surface area contributed by atoms with Gasteiger partial charge >= 0.3 is 12.1 Å². The molecule has 0 saturated carbocycles. The number of carbonyl (C=O) groups is 2. The van der Waals surface area contributed by atoms with Crippen LogP contribution in [0.5, 0.6) is 23.0 Å². The average Bonchev–Trinajstić information content (AvgIpc) is 3.57. The Bertz CT molecular complexity index is 2530. The molecule has 368 valence electrons. The minimum Gasteiger partial charge on any atom is -0.497 e. The molecule has 69 heavy (non-hydrogen) atoms. The lowest BCUT2D eigenvalue weighted by Gasteiger charge is -2.48. The van der Waals surface area contributed by atoms with Crippen LogP contribution >= 0.6 is 0 Å². The third-order valence-corrected chi connectivity index (χ3v) is 15.0. The molecule has 13 nitrogen and oxygen atoms in total. The number of aryl methyl sites for hydroxylation is 4. The molecule has 3 N–H and O–H groups in total. The highest BCUT2D eigenvalue weighted by Gasteiger charge is 2.62. The minimum absolute atomic E-state index is 0.00385. The lowest BCUT2D eigenvalue weighted by molar-refractivity contribution is -0.130. The van der Waals surface area contributed by atoms with Crippen molar-refractivity contribution in [3.63, 3.8) is 0 Å². The van der Waals surface area contributed by atoms with Crippen LogP contribution in [0.4, 0.5) is 9.59 Å². The molecule has 4 fully saturated rings. The molecule has 9 rings (SSSR count). The van der Waals surface area contributed by atoms with Crippen molar-refractivity contribution in [2.75, 3.05) is 54.6 Å². The molecular formula is C56H72N6O7. The zero-order valence-corrected chi connectivity index (χ0v) is 42.2. The molecule has 4 aromatic carbocycles. The number of likely N-dealkylation sites (tertiary alicyclic amines) is 2. The van der Waals surface area contributed by atoms with Gasteiger partial charge in [0, 0.05) is 75.0 Å². The number of fused-ring (bicyclic) bond motifs is 3. The Labute approximate surface area is 409 Å². The molecule has 5 aliphatic heterocycles. The summed E-state index contributed by atoms with van der Waals surface area (Å²) in [4.78, 5) is 34.8. The van der Waals surface area contributed by atoms with Crippen LogP contribution in [0.3, 0.4) is 0 Å². The van der Waals surface area contributed by atoms with Crippen molar-refractivity contribution in [2.24, 2.45) is 0 Å². The van der Waals surface area contributed by atoms with Gasteiger partial charge in [0.1, 0.15) is 23.0 Å². The molecule has 2 spiro atoms. The number of piperidine rings is 2. The van der Waals surface area contributed by atoms with Crippen molar-refractivity contribution in [1.29, 1.82) is 0 Å². The first kappa shape index (κ1) is 49.4. The fourth-order valence-electron chi connectivity index (χ4n) is 11.8. The Balaban J connectivity index is 0.000000186. The van der Waals surface area contributed by atoms with Gasteiger partial charge in [-0.2, -0.15) is 0 Å². The highest BCUT2D eigenvalue weighted by Crippen LogP contribution is 2.46. The zero-order chi connectivity index (χ0) is 49.3. The number of amides is 4. The van der Waals surface area contributed by atoms with Gasteiger partial charge in [-0.25, -0.2) is 9.59 Å². The second-order valence-electron chi connectivity index (χ2n) is 20.0. The van der Waals surface area contributed by atoms with E-state index in [4.69, 9.17) is 18.9 Å². The van der Waals surface area contributed by atoms with E-state index in [-0.39, 0.29) is 36.5 Å². The van der Waals surface area contributed by atoms with E-state index in [1.807, 2.05) is 29.2 Å². The number of ether oxygens (including phenoxy) is 4. The maximum atomic E-state index is 13.2. The number of urea groups is 2. The predicted molar refractivity (Wildman–Crippen MR) is 270 cm³/mol. The van der Waals surface area contributed by atoms with Crippen LogP contribution < -0.4 is 29.6 Å². The van der Waals surface area contributed by atoms with Gasteiger partial charge in [-0.15, -0.1) is 6.58 Å². The molecular weight excluding hydrogens is 869 g/mol. The smallest absolute Gasteiger partial charge is 0.322 e. The summed E-state index contributed by atoms with van der Waals surface area (Å²) in [6, 6.07) is 22.6. The van der Waals surface area contributed by atoms with E-state index in [0.29, 0.717) is 30.9 Å². The number of allylic oxidation sites excluding steroid dienone is 1. The van der Waals surface area contributed by atoms with Gasteiger partial charge in [0.05, 0.1) is 52.6 Å². The van der Waals surface area contributed by atoms with Crippen LogP contribution in [0.25, 0.3) is 0 Å². The number of hydrogen-bond acceptors (Lipinski definition) is 9. The number of hydrogen-bond donors (Lipinski definition) is 3. The number of aliphatic hydroxyl groups is 1. The van der Waals surface area contributed by atoms with E-state index in [1.54, 1.807) is 45.5 Å². The lowest BCUT2D eigenvalue weighted by Crippen LogP contribution is -2.64. The molecule has 5 heterocycles. The summed E-state index contributed by atoms with van der Waals surface area (Å²) in [7, 11) is 6.54. The molecule has 2 atom stereocenters. The van der Waals surface area contributed by atoms with Crippen LogP contribution in [0.15, 0.2) is 91.2 Å². The summed E-state index contributed by atoms with van der Waals surface area (Å²) in [5.74, 6) is 2.98. The summed E-state index contributed by atoms with van der Waals surface area (Å²) in [5, 5.41) is 18.6. The van der Waals surface area contributed by atoms with Crippen molar-refractivity contribution in [2.45, 2.75) is 116 Å². The number of carbonyl (C=O) groups excluding carboxylic acids is 2. The quantitative estimate of drug-likeness (QED) is 0.119. The summed E-state index contributed by atoms with van der Waals surface area (Å²) in [6.07, 6.45) is 7.40.